The lowest BCUT2D eigenvalue weighted by Crippen LogP contribution is -2.35. The van der Waals surface area contributed by atoms with Gasteiger partial charge in [-0.05, 0) is 38.1 Å². The Labute approximate surface area is 147 Å². The van der Waals surface area contributed by atoms with E-state index in [4.69, 9.17) is 14.0 Å². The van der Waals surface area contributed by atoms with Crippen LogP contribution in [0.3, 0.4) is 0 Å². The predicted molar refractivity (Wildman–Crippen MR) is 95.8 cm³/mol. The summed E-state index contributed by atoms with van der Waals surface area (Å²) in [6.07, 6.45) is -0.227. The van der Waals surface area contributed by atoms with E-state index < -0.39 is 19.5 Å². The monoisotopic (exact) mass is 363 g/mol. The van der Waals surface area contributed by atoms with Crippen LogP contribution in [0.25, 0.3) is 0 Å². The number of nitrogens with one attached hydrogen (secondary N) is 1. The maximum absolute atomic E-state index is 13.2. The van der Waals surface area contributed by atoms with Crippen molar-refractivity contribution < 1.29 is 23.4 Å². The van der Waals surface area contributed by atoms with Gasteiger partial charge in [-0.2, -0.15) is 0 Å². The van der Waals surface area contributed by atoms with E-state index in [1.54, 1.807) is 50.2 Å². The number of hydrogen-bond acceptors (Lipinski definition) is 5. The number of esters is 1. The number of rotatable bonds is 9. The predicted octanol–water partition coefficient (Wildman–Crippen LogP) is 3.84. The highest BCUT2D eigenvalue weighted by Gasteiger charge is 2.31. The van der Waals surface area contributed by atoms with Gasteiger partial charge in [0.25, 0.3) is 0 Å². The molecule has 0 aliphatic heterocycles. The molecule has 0 bridgehead atoms. The van der Waals surface area contributed by atoms with Crippen LogP contribution >= 0.6 is 7.52 Å². The minimum Gasteiger partial charge on any atom is -0.481 e. The Hall–Kier alpha value is -2.30. The quantitative estimate of drug-likeness (QED) is 0.539. The lowest BCUT2D eigenvalue weighted by molar-refractivity contribution is -0.144. The first-order valence-corrected chi connectivity index (χ1v) is 9.79. The molecule has 7 heteroatoms. The summed E-state index contributed by atoms with van der Waals surface area (Å²) in [6.45, 7) is 3.53. The van der Waals surface area contributed by atoms with Crippen molar-refractivity contribution in [2.75, 3.05) is 13.0 Å². The van der Waals surface area contributed by atoms with Crippen LogP contribution in [-0.2, 0) is 14.1 Å². The summed E-state index contributed by atoms with van der Waals surface area (Å²) in [5, 5.41) is 2.73. The number of carbonyl (C=O) groups excluding carboxylic acids is 1. The van der Waals surface area contributed by atoms with Crippen LogP contribution in [0.4, 0.5) is 0 Å². The molecule has 134 valence electrons. The van der Waals surface area contributed by atoms with Crippen LogP contribution in [0.5, 0.6) is 11.5 Å². The van der Waals surface area contributed by atoms with Gasteiger partial charge in [0, 0.05) is 0 Å². The third kappa shape index (κ3) is 6.25. The van der Waals surface area contributed by atoms with Crippen molar-refractivity contribution in [3.8, 4) is 11.5 Å². The largest absolute Gasteiger partial charge is 0.481 e. The molecule has 0 unspecified atom stereocenters. The smallest absolute Gasteiger partial charge is 0.354 e. The van der Waals surface area contributed by atoms with Gasteiger partial charge in [-0.3, -0.25) is 9.36 Å². The minimum atomic E-state index is -3.51. The van der Waals surface area contributed by atoms with E-state index in [0.29, 0.717) is 11.5 Å². The normalized spacial score (nSPS) is 14.2. The SMILES string of the molecule is CCOC(=O)[C@H](C)N[P@](=O)(COc1ccccc1)Oc1ccccc1. The van der Waals surface area contributed by atoms with E-state index in [1.807, 2.05) is 24.3 Å². The molecule has 0 saturated carbocycles. The van der Waals surface area contributed by atoms with Crippen molar-refractivity contribution in [1.29, 1.82) is 0 Å². The molecular formula is C18H22NO5P. The van der Waals surface area contributed by atoms with E-state index in [1.165, 1.54) is 0 Å². The van der Waals surface area contributed by atoms with Crippen molar-refractivity contribution in [2.24, 2.45) is 0 Å². The highest BCUT2D eigenvalue weighted by Crippen LogP contribution is 2.43. The number of carbonyl (C=O) groups is 1. The van der Waals surface area contributed by atoms with Crippen LogP contribution in [0, 0.1) is 0 Å². The van der Waals surface area contributed by atoms with Crippen molar-refractivity contribution in [3.63, 3.8) is 0 Å². The fourth-order valence-electron chi connectivity index (χ4n) is 2.03. The van der Waals surface area contributed by atoms with Gasteiger partial charge in [-0.15, -0.1) is 0 Å². The van der Waals surface area contributed by atoms with Gasteiger partial charge in [0.2, 0.25) is 0 Å². The molecule has 0 aliphatic carbocycles. The molecule has 2 aromatic carbocycles. The van der Waals surface area contributed by atoms with E-state index in [2.05, 4.69) is 5.09 Å². The molecule has 2 rings (SSSR count). The fraction of sp³-hybridized carbons (Fsp3) is 0.278. The second-order valence-corrected chi connectivity index (χ2v) is 7.31. The van der Waals surface area contributed by atoms with Crippen LogP contribution in [0.1, 0.15) is 13.8 Å². The Bertz CT molecular complexity index is 708. The molecule has 0 aromatic heterocycles. The molecular weight excluding hydrogens is 341 g/mol. The lowest BCUT2D eigenvalue weighted by Gasteiger charge is -2.23. The van der Waals surface area contributed by atoms with E-state index in [9.17, 15) is 9.36 Å². The average molecular weight is 363 g/mol. The topological polar surface area (TPSA) is 73.9 Å². The summed E-state index contributed by atoms with van der Waals surface area (Å²) in [6, 6.07) is 16.9. The maximum atomic E-state index is 13.2. The zero-order chi connectivity index (χ0) is 18.1. The third-order valence-corrected chi connectivity index (χ3v) is 4.93. The Morgan fingerprint density at radius 1 is 1.04 bits per heavy atom. The van der Waals surface area contributed by atoms with E-state index in [0.717, 1.165) is 0 Å². The molecule has 0 radical (unpaired) electrons. The molecule has 25 heavy (non-hydrogen) atoms. The van der Waals surface area contributed by atoms with Crippen LogP contribution in [-0.4, -0.2) is 25.0 Å². The highest BCUT2D eigenvalue weighted by atomic mass is 31.2. The first-order chi connectivity index (χ1) is 12.0. The Balaban J connectivity index is 2.12. The summed E-state index contributed by atoms with van der Waals surface area (Å²) < 4.78 is 29.4. The summed E-state index contributed by atoms with van der Waals surface area (Å²) in [4.78, 5) is 11.8. The van der Waals surface area contributed by atoms with Crippen molar-refractivity contribution >= 4 is 13.5 Å². The molecule has 0 heterocycles. The van der Waals surface area contributed by atoms with Crippen LogP contribution in [0.2, 0.25) is 0 Å². The van der Waals surface area contributed by atoms with E-state index in [-0.39, 0.29) is 13.0 Å². The zero-order valence-electron chi connectivity index (χ0n) is 14.3. The number of para-hydroxylation sites is 2. The summed E-state index contributed by atoms with van der Waals surface area (Å²) >= 11 is 0. The van der Waals surface area contributed by atoms with Crippen molar-refractivity contribution in [1.82, 2.24) is 5.09 Å². The second-order valence-electron chi connectivity index (χ2n) is 5.27. The lowest BCUT2D eigenvalue weighted by atomic mass is 10.3. The molecule has 0 fully saturated rings. The van der Waals surface area contributed by atoms with Crippen molar-refractivity contribution in [3.05, 3.63) is 60.7 Å². The van der Waals surface area contributed by atoms with Crippen LogP contribution in [0.15, 0.2) is 60.7 Å². The summed E-state index contributed by atoms with van der Waals surface area (Å²) in [7, 11) is -3.51. The standard InChI is InChI=1S/C18H22NO5P/c1-3-22-18(20)15(2)19-25(21,24-17-12-8-5-9-13-17)14-23-16-10-6-4-7-11-16/h4-13,15H,3,14H2,1-2H3,(H,19,21)/t15-,25-/m0/s1. The molecule has 0 spiro atoms. The van der Waals surface area contributed by atoms with Gasteiger partial charge < -0.3 is 14.0 Å². The Morgan fingerprint density at radius 2 is 1.60 bits per heavy atom. The first-order valence-electron chi connectivity index (χ1n) is 7.98. The molecule has 0 amide bonds. The Morgan fingerprint density at radius 3 is 2.16 bits per heavy atom. The third-order valence-electron chi connectivity index (χ3n) is 3.17. The van der Waals surface area contributed by atoms with E-state index >= 15 is 0 Å². The second kappa shape index (κ2) is 9.25. The molecule has 0 aliphatic rings. The van der Waals surface area contributed by atoms with Gasteiger partial charge in [0.15, 0.2) is 6.35 Å². The minimum absolute atomic E-state index is 0.227. The number of benzene rings is 2. The fourth-order valence-corrected chi connectivity index (χ4v) is 3.69. The van der Waals surface area contributed by atoms with Gasteiger partial charge in [0.1, 0.15) is 17.5 Å². The molecule has 2 aromatic rings. The van der Waals surface area contributed by atoms with Gasteiger partial charge in [-0.25, -0.2) is 5.09 Å². The van der Waals surface area contributed by atoms with Gasteiger partial charge in [0.05, 0.1) is 6.61 Å². The summed E-state index contributed by atoms with van der Waals surface area (Å²) in [5.41, 5.74) is 0. The molecule has 0 saturated heterocycles. The van der Waals surface area contributed by atoms with Crippen LogP contribution < -0.4 is 14.3 Å². The average Bonchev–Trinajstić information content (AvgIpc) is 2.62. The van der Waals surface area contributed by atoms with Gasteiger partial charge >= 0.3 is 13.5 Å². The Kier molecular flexibility index (Phi) is 7.04. The number of ether oxygens (including phenoxy) is 2. The maximum Gasteiger partial charge on any atom is 0.354 e. The first kappa shape index (κ1) is 19.0. The molecule has 2 atom stereocenters. The van der Waals surface area contributed by atoms with Gasteiger partial charge in [-0.1, -0.05) is 36.4 Å². The summed E-state index contributed by atoms with van der Waals surface area (Å²) in [5.74, 6) is 0.482. The van der Waals surface area contributed by atoms with Crippen molar-refractivity contribution in [2.45, 2.75) is 19.9 Å². The number of hydrogen-bond donors (Lipinski definition) is 1. The molecule has 1 N–H and O–H groups in total. The molecule has 6 nitrogen and oxygen atoms in total. The zero-order valence-corrected chi connectivity index (χ0v) is 15.1. The highest BCUT2D eigenvalue weighted by molar-refractivity contribution is 7.57.